The van der Waals surface area contributed by atoms with Gasteiger partial charge in [-0.25, -0.2) is 13.2 Å². The number of rotatable bonds is 4. The summed E-state index contributed by atoms with van der Waals surface area (Å²) < 4.78 is 28.4. The molecule has 6 nitrogen and oxygen atoms in total. The number of carbonyl (C=O) groups excluding carboxylic acids is 2. The van der Waals surface area contributed by atoms with Crippen LogP contribution in [0.5, 0.6) is 0 Å². The highest BCUT2D eigenvalue weighted by Gasteiger charge is 2.32. The summed E-state index contributed by atoms with van der Waals surface area (Å²) in [4.78, 5) is 25.2. The Morgan fingerprint density at radius 1 is 1.36 bits per heavy atom. The van der Waals surface area contributed by atoms with Crippen LogP contribution < -0.4 is 0 Å². The molecule has 1 aliphatic heterocycles. The zero-order valence-corrected chi connectivity index (χ0v) is 14.4. The van der Waals surface area contributed by atoms with Crippen LogP contribution in [-0.2, 0) is 19.4 Å². The molecular formula is C14H16BrNO5S. The number of amides is 1. The zero-order chi connectivity index (χ0) is 16.3. The molecule has 0 saturated carbocycles. The van der Waals surface area contributed by atoms with Crippen molar-refractivity contribution in [2.45, 2.75) is 12.5 Å². The third-order valence-corrected chi connectivity index (χ3v) is 6.01. The largest absolute Gasteiger partial charge is 0.452 e. The fourth-order valence-electron chi connectivity index (χ4n) is 2.22. The number of nitrogens with zero attached hydrogens (tertiary/aromatic N) is 1. The second-order valence-electron chi connectivity index (χ2n) is 5.12. The predicted molar refractivity (Wildman–Crippen MR) is 84.3 cm³/mol. The number of sulfone groups is 1. The second kappa shape index (κ2) is 6.78. The van der Waals surface area contributed by atoms with E-state index in [1.807, 2.05) is 0 Å². The van der Waals surface area contributed by atoms with Gasteiger partial charge in [0, 0.05) is 17.6 Å². The Balaban J connectivity index is 1.90. The summed E-state index contributed by atoms with van der Waals surface area (Å²) in [5.74, 6) is -0.963. The van der Waals surface area contributed by atoms with Gasteiger partial charge in [0.2, 0.25) is 0 Å². The summed E-state index contributed by atoms with van der Waals surface area (Å²) in [7, 11) is -1.53. The van der Waals surface area contributed by atoms with Crippen molar-refractivity contribution < 1.29 is 22.7 Å². The van der Waals surface area contributed by atoms with Crippen LogP contribution >= 0.6 is 15.9 Å². The van der Waals surface area contributed by atoms with Crippen molar-refractivity contribution in [2.24, 2.45) is 0 Å². The molecule has 0 aliphatic carbocycles. The molecule has 0 spiro atoms. The van der Waals surface area contributed by atoms with E-state index < -0.39 is 28.3 Å². The summed E-state index contributed by atoms with van der Waals surface area (Å²) in [5, 5.41) is 0. The first kappa shape index (κ1) is 17.0. The van der Waals surface area contributed by atoms with Crippen molar-refractivity contribution in [3.63, 3.8) is 0 Å². The highest BCUT2D eigenvalue weighted by atomic mass is 79.9. The smallest absolute Gasteiger partial charge is 0.339 e. The average molecular weight is 390 g/mol. The molecule has 120 valence electrons. The van der Waals surface area contributed by atoms with Gasteiger partial charge in [0.05, 0.1) is 17.1 Å². The standard InChI is InChI=1S/C14H16BrNO5S/c1-16(10-6-7-22(19,20)9-10)13(17)8-21-14(18)11-4-2-3-5-12(11)15/h2-5,10H,6-9H2,1H3/t10-/m0/s1. The minimum atomic E-state index is -3.06. The van der Waals surface area contributed by atoms with E-state index in [1.165, 1.54) is 11.9 Å². The molecule has 1 aromatic rings. The first-order valence-electron chi connectivity index (χ1n) is 6.68. The van der Waals surface area contributed by atoms with Crippen molar-refractivity contribution >= 4 is 37.6 Å². The second-order valence-corrected chi connectivity index (χ2v) is 8.20. The minimum absolute atomic E-state index is 0.0343. The number of ether oxygens (including phenoxy) is 1. The molecular weight excluding hydrogens is 374 g/mol. The SMILES string of the molecule is CN(C(=O)COC(=O)c1ccccc1Br)[C@H]1CCS(=O)(=O)C1. The van der Waals surface area contributed by atoms with E-state index in [9.17, 15) is 18.0 Å². The molecule has 0 N–H and O–H groups in total. The number of halogens is 1. The summed E-state index contributed by atoms with van der Waals surface area (Å²) in [6.07, 6.45) is 0.419. The maximum Gasteiger partial charge on any atom is 0.339 e. The topological polar surface area (TPSA) is 80.8 Å². The normalized spacial score (nSPS) is 19.6. The number of esters is 1. The molecule has 1 aliphatic rings. The lowest BCUT2D eigenvalue weighted by Gasteiger charge is -2.23. The van der Waals surface area contributed by atoms with E-state index in [2.05, 4.69) is 15.9 Å². The van der Waals surface area contributed by atoms with E-state index in [0.29, 0.717) is 16.5 Å². The van der Waals surface area contributed by atoms with Crippen molar-refractivity contribution in [1.29, 1.82) is 0 Å². The van der Waals surface area contributed by atoms with E-state index in [1.54, 1.807) is 24.3 Å². The summed E-state index contributed by atoms with van der Waals surface area (Å²) in [6.45, 7) is -0.410. The average Bonchev–Trinajstić information content (AvgIpc) is 2.84. The van der Waals surface area contributed by atoms with Crippen LogP contribution in [0.4, 0.5) is 0 Å². The molecule has 1 atom stereocenters. The predicted octanol–water partition coefficient (Wildman–Crippen LogP) is 1.25. The number of hydrogen-bond acceptors (Lipinski definition) is 5. The van der Waals surface area contributed by atoms with Gasteiger partial charge in [0.15, 0.2) is 16.4 Å². The molecule has 2 rings (SSSR count). The molecule has 1 amide bonds. The van der Waals surface area contributed by atoms with Crippen molar-refractivity contribution in [3.05, 3.63) is 34.3 Å². The van der Waals surface area contributed by atoms with Crippen molar-refractivity contribution in [2.75, 3.05) is 25.2 Å². The highest BCUT2D eigenvalue weighted by molar-refractivity contribution is 9.10. The summed E-state index contributed by atoms with van der Waals surface area (Å²) in [5.41, 5.74) is 0.335. The number of carbonyl (C=O) groups is 2. The van der Waals surface area contributed by atoms with Crippen molar-refractivity contribution in [3.8, 4) is 0 Å². The van der Waals surface area contributed by atoms with Gasteiger partial charge in [-0.3, -0.25) is 4.79 Å². The quantitative estimate of drug-likeness (QED) is 0.723. The van der Waals surface area contributed by atoms with Gasteiger partial charge in [-0.15, -0.1) is 0 Å². The van der Waals surface area contributed by atoms with Crippen LogP contribution in [0.15, 0.2) is 28.7 Å². The molecule has 0 radical (unpaired) electrons. The summed E-state index contributed by atoms with van der Waals surface area (Å²) in [6, 6.07) is 6.40. The molecule has 1 fully saturated rings. The zero-order valence-electron chi connectivity index (χ0n) is 12.0. The van der Waals surface area contributed by atoms with Crippen LogP contribution in [0.3, 0.4) is 0 Å². The van der Waals surface area contributed by atoms with Crippen molar-refractivity contribution in [1.82, 2.24) is 4.90 Å². The Kier molecular flexibility index (Phi) is 5.23. The lowest BCUT2D eigenvalue weighted by molar-refractivity contribution is -0.134. The molecule has 22 heavy (non-hydrogen) atoms. The molecule has 1 heterocycles. The van der Waals surface area contributed by atoms with Crippen LogP contribution in [0.25, 0.3) is 0 Å². The van der Waals surface area contributed by atoms with Gasteiger partial charge in [-0.2, -0.15) is 0 Å². The molecule has 0 bridgehead atoms. The third-order valence-electron chi connectivity index (χ3n) is 3.57. The highest BCUT2D eigenvalue weighted by Crippen LogP contribution is 2.18. The van der Waals surface area contributed by atoms with Crippen LogP contribution in [0, 0.1) is 0 Å². The molecule has 0 aromatic heterocycles. The monoisotopic (exact) mass is 389 g/mol. The first-order valence-corrected chi connectivity index (χ1v) is 9.29. The maximum atomic E-state index is 12.0. The number of likely N-dealkylation sites (N-methyl/N-ethyl adjacent to an activating group) is 1. The van der Waals surface area contributed by atoms with Crippen LogP contribution in [-0.4, -0.2) is 56.4 Å². The van der Waals surface area contributed by atoms with Crippen LogP contribution in [0.1, 0.15) is 16.8 Å². The van der Waals surface area contributed by atoms with Gasteiger partial charge in [-0.05, 0) is 34.5 Å². The van der Waals surface area contributed by atoms with Gasteiger partial charge in [0.1, 0.15) is 0 Å². The Labute approximate surface area is 137 Å². The lowest BCUT2D eigenvalue weighted by atomic mass is 10.2. The maximum absolute atomic E-state index is 12.0. The van der Waals surface area contributed by atoms with Gasteiger partial charge < -0.3 is 9.64 Å². The van der Waals surface area contributed by atoms with Gasteiger partial charge in [-0.1, -0.05) is 12.1 Å². The molecule has 0 unspecified atom stereocenters. The van der Waals surface area contributed by atoms with E-state index >= 15 is 0 Å². The summed E-state index contributed by atoms with van der Waals surface area (Å²) >= 11 is 3.24. The van der Waals surface area contributed by atoms with E-state index in [4.69, 9.17) is 4.74 Å². The molecule has 8 heteroatoms. The minimum Gasteiger partial charge on any atom is -0.452 e. The number of benzene rings is 1. The third kappa shape index (κ3) is 4.07. The first-order chi connectivity index (χ1) is 10.3. The van der Waals surface area contributed by atoms with E-state index in [-0.39, 0.29) is 17.5 Å². The van der Waals surface area contributed by atoms with Gasteiger partial charge in [0.25, 0.3) is 5.91 Å². The molecule has 1 saturated heterocycles. The fraction of sp³-hybridized carbons (Fsp3) is 0.429. The molecule has 1 aromatic carbocycles. The van der Waals surface area contributed by atoms with Gasteiger partial charge >= 0.3 is 5.97 Å². The Hall–Kier alpha value is -1.41. The Morgan fingerprint density at radius 2 is 2.05 bits per heavy atom. The Bertz CT molecular complexity index is 688. The Morgan fingerprint density at radius 3 is 2.64 bits per heavy atom. The lowest BCUT2D eigenvalue weighted by Crippen LogP contribution is -2.40. The van der Waals surface area contributed by atoms with E-state index in [0.717, 1.165) is 0 Å². The van der Waals surface area contributed by atoms with Crippen LogP contribution in [0.2, 0.25) is 0 Å². The number of hydrogen-bond donors (Lipinski definition) is 0. The fourth-order valence-corrected chi connectivity index (χ4v) is 4.44.